The average molecular weight is 328 g/mol. The van der Waals surface area contributed by atoms with Gasteiger partial charge in [0.05, 0.1) is 0 Å². The van der Waals surface area contributed by atoms with Crippen molar-refractivity contribution in [2.24, 2.45) is 0 Å². The molecule has 1 aromatic rings. The molecule has 8 nitrogen and oxygen atoms in total. The maximum Gasteiger partial charge on any atom is 0.407 e. The van der Waals surface area contributed by atoms with E-state index in [9.17, 15) is 4.79 Å². The van der Waals surface area contributed by atoms with Crippen molar-refractivity contribution >= 4 is 29.8 Å². The van der Waals surface area contributed by atoms with E-state index in [-0.39, 0.29) is 0 Å². The first-order valence-electron chi connectivity index (χ1n) is 7.08. The summed E-state index contributed by atoms with van der Waals surface area (Å²) in [5, 5.41) is 9.40. The summed E-state index contributed by atoms with van der Waals surface area (Å²) in [6.07, 6.45) is 1.46. The van der Waals surface area contributed by atoms with Crippen LogP contribution in [0.15, 0.2) is 5.16 Å². The van der Waals surface area contributed by atoms with Gasteiger partial charge in [-0.25, -0.2) is 4.79 Å². The summed E-state index contributed by atoms with van der Waals surface area (Å²) in [6.45, 7) is 9.07. The van der Waals surface area contributed by atoms with Gasteiger partial charge in [-0.15, -0.1) is 0 Å². The van der Waals surface area contributed by atoms with Gasteiger partial charge in [0.1, 0.15) is 5.60 Å². The molecule has 0 aliphatic rings. The molecule has 1 rings (SSSR count). The molecule has 0 saturated carbocycles. The van der Waals surface area contributed by atoms with E-state index in [0.717, 1.165) is 6.54 Å². The lowest BCUT2D eigenvalue weighted by atomic mass is 10.2. The SMILES string of the molecule is CCNc1nc(NCCNC(=O)OC(C)(C)C)nc(SC)n1. The highest BCUT2D eigenvalue weighted by Gasteiger charge is 2.15. The predicted octanol–water partition coefficient (Wildman–Crippen LogP) is 1.96. The summed E-state index contributed by atoms with van der Waals surface area (Å²) < 4.78 is 5.15. The maximum atomic E-state index is 11.5. The number of alkyl carbamates (subject to hydrolysis) is 1. The second-order valence-electron chi connectivity index (χ2n) is 5.36. The standard InChI is InChI=1S/C13H24N6O2S/c1-6-14-9-17-10(19-11(18-9)22-5)15-7-8-16-12(20)21-13(2,3)4/h6-8H2,1-5H3,(H,16,20)(H2,14,15,17,18,19). The van der Waals surface area contributed by atoms with E-state index in [1.165, 1.54) is 11.8 Å². The van der Waals surface area contributed by atoms with E-state index >= 15 is 0 Å². The number of carbonyl (C=O) groups excluding carboxylic acids is 1. The van der Waals surface area contributed by atoms with E-state index in [4.69, 9.17) is 4.74 Å². The summed E-state index contributed by atoms with van der Waals surface area (Å²) in [5.41, 5.74) is -0.500. The van der Waals surface area contributed by atoms with E-state index < -0.39 is 11.7 Å². The van der Waals surface area contributed by atoms with Crippen LogP contribution in [0.25, 0.3) is 0 Å². The first kappa shape index (κ1) is 18.3. The number of hydrogen-bond acceptors (Lipinski definition) is 8. The fourth-order valence-electron chi connectivity index (χ4n) is 1.42. The van der Waals surface area contributed by atoms with Gasteiger partial charge in [0.2, 0.25) is 11.9 Å². The van der Waals surface area contributed by atoms with Crippen molar-refractivity contribution in [1.29, 1.82) is 0 Å². The number of rotatable bonds is 7. The molecule has 0 bridgehead atoms. The van der Waals surface area contributed by atoms with Crippen LogP contribution >= 0.6 is 11.8 Å². The van der Waals surface area contributed by atoms with Crippen LogP contribution in [0.1, 0.15) is 27.7 Å². The third-order valence-corrected chi connectivity index (χ3v) is 2.76. The minimum absolute atomic E-state index is 0.408. The van der Waals surface area contributed by atoms with Crippen molar-refractivity contribution in [3.8, 4) is 0 Å². The van der Waals surface area contributed by atoms with Gasteiger partial charge in [0.15, 0.2) is 5.16 Å². The van der Waals surface area contributed by atoms with Crippen molar-refractivity contribution in [2.75, 3.05) is 36.5 Å². The molecule has 0 aliphatic heterocycles. The summed E-state index contributed by atoms with van der Waals surface area (Å²) in [5.74, 6) is 1.01. The Labute approximate surface area is 135 Å². The summed E-state index contributed by atoms with van der Waals surface area (Å²) in [7, 11) is 0. The molecule has 0 atom stereocenters. The van der Waals surface area contributed by atoms with Crippen LogP contribution in [-0.4, -0.2) is 52.5 Å². The van der Waals surface area contributed by atoms with Crippen molar-refractivity contribution < 1.29 is 9.53 Å². The summed E-state index contributed by atoms with van der Waals surface area (Å²) in [4.78, 5) is 24.2. The minimum atomic E-state index is -0.500. The van der Waals surface area contributed by atoms with Gasteiger partial charge in [-0.1, -0.05) is 11.8 Å². The monoisotopic (exact) mass is 328 g/mol. The molecule has 22 heavy (non-hydrogen) atoms. The molecule has 9 heteroatoms. The molecule has 1 heterocycles. The molecule has 0 aliphatic carbocycles. The fraction of sp³-hybridized carbons (Fsp3) is 0.692. The third kappa shape index (κ3) is 7.30. The van der Waals surface area contributed by atoms with Crippen LogP contribution < -0.4 is 16.0 Å². The number of thioether (sulfide) groups is 1. The first-order valence-corrected chi connectivity index (χ1v) is 8.31. The zero-order valence-electron chi connectivity index (χ0n) is 13.7. The van der Waals surface area contributed by atoms with Crippen LogP contribution in [0.2, 0.25) is 0 Å². The molecule has 124 valence electrons. The molecular formula is C13H24N6O2S. The second-order valence-corrected chi connectivity index (χ2v) is 6.13. The Balaban J connectivity index is 2.44. The zero-order valence-corrected chi connectivity index (χ0v) is 14.5. The Morgan fingerprint density at radius 2 is 1.77 bits per heavy atom. The molecular weight excluding hydrogens is 304 g/mol. The van der Waals surface area contributed by atoms with Gasteiger partial charge >= 0.3 is 6.09 Å². The summed E-state index contributed by atoms with van der Waals surface area (Å²) >= 11 is 1.44. The number of nitrogens with one attached hydrogen (secondary N) is 3. The van der Waals surface area contributed by atoms with Crippen molar-refractivity contribution in [2.45, 2.75) is 38.5 Å². The molecule has 0 radical (unpaired) electrons. The quantitative estimate of drug-likeness (QED) is 0.516. The highest BCUT2D eigenvalue weighted by atomic mass is 32.2. The fourth-order valence-corrected chi connectivity index (χ4v) is 1.77. The van der Waals surface area contributed by atoms with E-state index in [1.54, 1.807) is 0 Å². The highest BCUT2D eigenvalue weighted by Crippen LogP contribution is 2.13. The van der Waals surface area contributed by atoms with Gasteiger partial charge < -0.3 is 20.7 Å². The number of carbonyl (C=O) groups is 1. The second kappa shape index (κ2) is 8.62. The Morgan fingerprint density at radius 3 is 2.32 bits per heavy atom. The highest BCUT2D eigenvalue weighted by molar-refractivity contribution is 7.98. The topological polar surface area (TPSA) is 101 Å². The smallest absolute Gasteiger partial charge is 0.407 e. The number of nitrogens with zero attached hydrogens (tertiary/aromatic N) is 3. The predicted molar refractivity (Wildman–Crippen MR) is 88.5 cm³/mol. The lowest BCUT2D eigenvalue weighted by molar-refractivity contribution is 0.0530. The number of aromatic nitrogens is 3. The van der Waals surface area contributed by atoms with Gasteiger partial charge in [-0.3, -0.25) is 0 Å². The Hall–Kier alpha value is -1.77. The van der Waals surface area contributed by atoms with Crippen LogP contribution in [0.4, 0.5) is 16.7 Å². The molecule has 0 unspecified atom stereocenters. The Morgan fingerprint density at radius 1 is 1.14 bits per heavy atom. The molecule has 1 aromatic heterocycles. The van der Waals surface area contributed by atoms with Crippen LogP contribution in [0, 0.1) is 0 Å². The number of amides is 1. The lowest BCUT2D eigenvalue weighted by Gasteiger charge is -2.19. The maximum absolute atomic E-state index is 11.5. The largest absolute Gasteiger partial charge is 0.444 e. The molecule has 0 saturated heterocycles. The van der Waals surface area contributed by atoms with E-state index in [2.05, 4.69) is 30.9 Å². The van der Waals surface area contributed by atoms with Crippen LogP contribution in [0.3, 0.4) is 0 Å². The van der Waals surface area contributed by atoms with Crippen LogP contribution in [0.5, 0.6) is 0 Å². The average Bonchev–Trinajstić information content (AvgIpc) is 2.42. The Kier molecular flexibility index (Phi) is 7.16. The summed E-state index contributed by atoms with van der Waals surface area (Å²) in [6, 6.07) is 0. The van der Waals surface area contributed by atoms with Crippen molar-refractivity contribution in [1.82, 2.24) is 20.3 Å². The van der Waals surface area contributed by atoms with Crippen molar-refractivity contribution in [3.63, 3.8) is 0 Å². The molecule has 1 amide bonds. The van der Waals surface area contributed by atoms with E-state index in [1.807, 2.05) is 34.0 Å². The number of anilines is 2. The lowest BCUT2D eigenvalue weighted by Crippen LogP contribution is -2.35. The number of hydrogen-bond donors (Lipinski definition) is 3. The van der Waals surface area contributed by atoms with Crippen molar-refractivity contribution in [3.05, 3.63) is 0 Å². The van der Waals surface area contributed by atoms with E-state index in [0.29, 0.717) is 30.1 Å². The van der Waals surface area contributed by atoms with Gasteiger partial charge in [-0.05, 0) is 34.0 Å². The third-order valence-electron chi connectivity index (χ3n) is 2.21. The molecule has 3 N–H and O–H groups in total. The van der Waals surface area contributed by atoms with Crippen LogP contribution in [-0.2, 0) is 4.74 Å². The minimum Gasteiger partial charge on any atom is -0.444 e. The van der Waals surface area contributed by atoms with Gasteiger partial charge in [0.25, 0.3) is 0 Å². The molecule has 0 aromatic carbocycles. The first-order chi connectivity index (χ1) is 10.3. The molecule has 0 fully saturated rings. The normalized spacial score (nSPS) is 11.0. The van der Waals surface area contributed by atoms with Gasteiger partial charge in [-0.2, -0.15) is 15.0 Å². The van der Waals surface area contributed by atoms with Gasteiger partial charge in [0, 0.05) is 19.6 Å². The molecule has 0 spiro atoms. The zero-order chi connectivity index (χ0) is 16.6. The number of ether oxygens (including phenoxy) is 1. The Bertz CT molecular complexity index is 492.